The summed E-state index contributed by atoms with van der Waals surface area (Å²) in [4.78, 5) is 51.5. The van der Waals surface area contributed by atoms with E-state index in [0.29, 0.717) is 30.9 Å². The van der Waals surface area contributed by atoms with Crippen molar-refractivity contribution in [3.05, 3.63) is 49.4 Å². The summed E-state index contributed by atoms with van der Waals surface area (Å²) in [5.41, 5.74) is -0.792. The second kappa shape index (κ2) is 8.71. The minimum Gasteiger partial charge on any atom is -0.386 e. The monoisotopic (exact) mass is 472 g/mol. The molecule has 4 heterocycles. The highest BCUT2D eigenvalue weighted by Gasteiger charge is 2.41. The summed E-state index contributed by atoms with van der Waals surface area (Å²) in [6.45, 7) is 8.22. The molecule has 0 radical (unpaired) electrons. The first kappa shape index (κ1) is 23.1. The van der Waals surface area contributed by atoms with Crippen LogP contribution in [0.1, 0.15) is 41.8 Å². The number of hydrogen-bond donors (Lipinski definition) is 3. The van der Waals surface area contributed by atoms with Gasteiger partial charge in [-0.25, -0.2) is 14.8 Å². The van der Waals surface area contributed by atoms with Crippen LogP contribution in [0.5, 0.6) is 0 Å². The zero-order valence-corrected chi connectivity index (χ0v) is 20.0. The van der Waals surface area contributed by atoms with E-state index in [1.54, 1.807) is 30.1 Å². The van der Waals surface area contributed by atoms with Gasteiger partial charge in [0.25, 0.3) is 5.56 Å². The van der Waals surface area contributed by atoms with Gasteiger partial charge in [-0.3, -0.25) is 19.1 Å². The predicted molar refractivity (Wildman–Crippen MR) is 127 cm³/mol. The third-order valence-corrected chi connectivity index (χ3v) is 7.45. The van der Waals surface area contributed by atoms with Gasteiger partial charge in [0.1, 0.15) is 22.6 Å². The van der Waals surface area contributed by atoms with E-state index in [1.165, 1.54) is 22.0 Å². The highest BCUT2D eigenvalue weighted by atomic mass is 32.1. The van der Waals surface area contributed by atoms with Gasteiger partial charge in [0, 0.05) is 36.1 Å². The van der Waals surface area contributed by atoms with Crippen LogP contribution in [0.2, 0.25) is 0 Å². The van der Waals surface area contributed by atoms with Gasteiger partial charge in [-0.2, -0.15) is 0 Å². The number of fused-ring (bicyclic) bond motifs is 1. The SMILES string of the molecule is Cc1sc2ncnc(NCCC(=O)N3CC[C@H](n4cc(C)c(=O)[nH]c4=O)[C@@](C)(O)C3)c2c1C. The summed E-state index contributed by atoms with van der Waals surface area (Å²) in [6.07, 6.45) is 3.63. The molecule has 0 aromatic carbocycles. The number of β-amino-alcohol motifs (C(OH)–C–C–N with tert-alkyl or cyclic N) is 1. The van der Waals surface area contributed by atoms with Crippen molar-refractivity contribution in [2.45, 2.75) is 52.2 Å². The maximum absolute atomic E-state index is 12.8. The van der Waals surface area contributed by atoms with Gasteiger partial charge in [0.15, 0.2) is 0 Å². The van der Waals surface area contributed by atoms with Gasteiger partial charge in [0.05, 0.1) is 18.0 Å². The summed E-state index contributed by atoms with van der Waals surface area (Å²) < 4.78 is 1.37. The Labute approximate surface area is 194 Å². The molecule has 3 aromatic rings. The number of rotatable bonds is 5. The van der Waals surface area contributed by atoms with E-state index in [4.69, 9.17) is 0 Å². The number of carbonyl (C=O) groups excluding carboxylic acids is 1. The van der Waals surface area contributed by atoms with Gasteiger partial charge in [0.2, 0.25) is 5.91 Å². The molecule has 1 aliphatic heterocycles. The number of carbonyl (C=O) groups is 1. The lowest BCUT2D eigenvalue weighted by molar-refractivity contribution is -0.140. The lowest BCUT2D eigenvalue weighted by Crippen LogP contribution is -2.56. The number of H-pyrrole nitrogens is 1. The summed E-state index contributed by atoms with van der Waals surface area (Å²) in [5.74, 6) is 0.628. The minimum absolute atomic E-state index is 0.0882. The smallest absolute Gasteiger partial charge is 0.328 e. The Morgan fingerprint density at radius 3 is 2.82 bits per heavy atom. The lowest BCUT2D eigenvalue weighted by atomic mass is 9.88. The van der Waals surface area contributed by atoms with E-state index >= 15 is 0 Å². The maximum atomic E-state index is 12.8. The van der Waals surface area contributed by atoms with Crippen LogP contribution >= 0.6 is 11.3 Å². The Morgan fingerprint density at radius 1 is 1.33 bits per heavy atom. The number of aryl methyl sites for hydroxylation is 3. The lowest BCUT2D eigenvalue weighted by Gasteiger charge is -2.43. The van der Waals surface area contributed by atoms with Crippen molar-refractivity contribution in [1.29, 1.82) is 0 Å². The van der Waals surface area contributed by atoms with Gasteiger partial charge >= 0.3 is 5.69 Å². The largest absolute Gasteiger partial charge is 0.386 e. The second-order valence-electron chi connectivity index (χ2n) is 8.82. The zero-order chi connectivity index (χ0) is 23.9. The fourth-order valence-corrected chi connectivity index (χ4v) is 5.39. The first-order valence-electron chi connectivity index (χ1n) is 10.9. The molecule has 33 heavy (non-hydrogen) atoms. The van der Waals surface area contributed by atoms with Gasteiger partial charge in [-0.05, 0) is 39.7 Å². The number of aliphatic hydroxyl groups is 1. The quantitative estimate of drug-likeness (QED) is 0.512. The molecule has 1 aliphatic rings. The van der Waals surface area contributed by atoms with Crippen molar-refractivity contribution in [2.75, 3.05) is 25.0 Å². The Kier molecular flexibility index (Phi) is 6.10. The van der Waals surface area contributed by atoms with Crippen molar-refractivity contribution >= 4 is 33.3 Å². The number of nitrogens with zero attached hydrogens (tertiary/aromatic N) is 4. The van der Waals surface area contributed by atoms with E-state index in [9.17, 15) is 19.5 Å². The highest BCUT2D eigenvalue weighted by molar-refractivity contribution is 7.18. The zero-order valence-electron chi connectivity index (χ0n) is 19.1. The average Bonchev–Trinajstić information content (AvgIpc) is 3.04. The summed E-state index contributed by atoms with van der Waals surface area (Å²) >= 11 is 1.62. The van der Waals surface area contributed by atoms with E-state index in [2.05, 4.69) is 20.3 Å². The molecule has 0 bridgehead atoms. The standard InChI is InChI=1S/C22H28N6O4S/c1-12-9-28(21(31)26-19(12)30)15-6-8-27(10-22(15,4)32)16(29)5-7-23-18-17-13(2)14(3)33-20(17)25-11-24-18/h9,11,15,32H,5-8,10H2,1-4H3,(H,23,24,25)(H,26,30,31)/t15-,22-/m0/s1. The first-order valence-corrected chi connectivity index (χ1v) is 11.7. The highest BCUT2D eigenvalue weighted by Crippen LogP contribution is 2.33. The molecule has 176 valence electrons. The maximum Gasteiger partial charge on any atom is 0.328 e. The Balaban J connectivity index is 1.41. The van der Waals surface area contributed by atoms with Gasteiger partial charge < -0.3 is 15.3 Å². The van der Waals surface area contributed by atoms with Crippen molar-refractivity contribution < 1.29 is 9.90 Å². The summed E-state index contributed by atoms with van der Waals surface area (Å²) in [6, 6.07) is -0.540. The number of piperidine rings is 1. The normalized spacial score (nSPS) is 20.9. The van der Waals surface area contributed by atoms with Crippen molar-refractivity contribution in [1.82, 2.24) is 24.4 Å². The van der Waals surface area contributed by atoms with Crippen LogP contribution in [0.25, 0.3) is 10.2 Å². The Hall–Kier alpha value is -3.05. The molecule has 3 aromatic heterocycles. The molecular formula is C22H28N6O4S. The number of aromatic nitrogens is 4. The molecule has 3 N–H and O–H groups in total. The van der Waals surface area contributed by atoms with E-state index in [-0.39, 0.29) is 18.9 Å². The van der Waals surface area contributed by atoms with Crippen LogP contribution in [0, 0.1) is 20.8 Å². The fourth-order valence-electron chi connectivity index (χ4n) is 4.39. The number of aromatic amines is 1. The fraction of sp³-hybridized carbons (Fsp3) is 0.500. The third kappa shape index (κ3) is 4.42. The molecule has 4 rings (SSSR count). The topological polar surface area (TPSA) is 133 Å². The first-order chi connectivity index (χ1) is 15.6. The molecular weight excluding hydrogens is 444 g/mol. The van der Waals surface area contributed by atoms with Gasteiger partial charge in [-0.1, -0.05) is 0 Å². The van der Waals surface area contributed by atoms with E-state index < -0.39 is 22.9 Å². The van der Waals surface area contributed by atoms with Crippen molar-refractivity contribution in [2.24, 2.45) is 0 Å². The molecule has 0 unspecified atom stereocenters. The number of anilines is 1. The number of nitrogens with one attached hydrogen (secondary N) is 2. The summed E-state index contributed by atoms with van der Waals surface area (Å²) in [7, 11) is 0. The van der Waals surface area contributed by atoms with E-state index in [1.807, 2.05) is 13.8 Å². The number of likely N-dealkylation sites (tertiary alicyclic amines) is 1. The number of thiophene rings is 1. The molecule has 11 heteroatoms. The Morgan fingerprint density at radius 2 is 2.09 bits per heavy atom. The molecule has 1 amide bonds. The molecule has 0 saturated carbocycles. The van der Waals surface area contributed by atoms with Crippen LogP contribution in [0.4, 0.5) is 5.82 Å². The summed E-state index contributed by atoms with van der Waals surface area (Å²) in [5, 5.41) is 15.3. The van der Waals surface area contributed by atoms with Crippen LogP contribution in [-0.4, -0.2) is 60.7 Å². The Bertz CT molecular complexity index is 1320. The number of amides is 1. The molecule has 1 saturated heterocycles. The molecule has 1 fully saturated rings. The number of hydrogen-bond acceptors (Lipinski definition) is 8. The minimum atomic E-state index is -1.32. The molecule has 10 nitrogen and oxygen atoms in total. The van der Waals surface area contributed by atoms with Crippen LogP contribution in [-0.2, 0) is 4.79 Å². The molecule has 2 atom stereocenters. The van der Waals surface area contributed by atoms with E-state index in [0.717, 1.165) is 15.8 Å². The molecule has 0 spiro atoms. The molecule has 0 aliphatic carbocycles. The predicted octanol–water partition coefficient (Wildman–Crippen LogP) is 1.49. The van der Waals surface area contributed by atoms with Gasteiger partial charge in [-0.15, -0.1) is 11.3 Å². The van der Waals surface area contributed by atoms with Crippen LogP contribution < -0.4 is 16.6 Å². The van der Waals surface area contributed by atoms with Crippen molar-refractivity contribution in [3.63, 3.8) is 0 Å². The van der Waals surface area contributed by atoms with Crippen LogP contribution in [0.3, 0.4) is 0 Å². The van der Waals surface area contributed by atoms with Crippen molar-refractivity contribution in [3.8, 4) is 0 Å². The third-order valence-electron chi connectivity index (χ3n) is 6.33. The second-order valence-corrected chi connectivity index (χ2v) is 10.0. The average molecular weight is 473 g/mol. The van der Waals surface area contributed by atoms with Crippen LogP contribution in [0.15, 0.2) is 22.1 Å².